The second-order valence-electron chi connectivity index (χ2n) is 5.37. The Labute approximate surface area is 155 Å². The number of nitrogens with zero attached hydrogens (tertiary/aromatic N) is 1. The first kappa shape index (κ1) is 23.5. The fourth-order valence-corrected chi connectivity index (χ4v) is 2.07. The molecule has 0 aromatic rings. The zero-order valence-electron chi connectivity index (χ0n) is 14.1. The van der Waals surface area contributed by atoms with Gasteiger partial charge in [-0.25, -0.2) is 4.79 Å². The molecule has 11 N–H and O–H groups in total. The minimum atomic E-state index is -1.27. The van der Waals surface area contributed by atoms with Crippen LogP contribution in [0.3, 0.4) is 0 Å². The largest absolute Gasteiger partial charge is 0.480 e. The summed E-state index contributed by atoms with van der Waals surface area (Å²) in [7, 11) is 0. The van der Waals surface area contributed by atoms with E-state index in [9.17, 15) is 19.2 Å². The molecule has 0 aliphatic heterocycles. The van der Waals surface area contributed by atoms with Crippen LogP contribution in [0.2, 0.25) is 0 Å². The van der Waals surface area contributed by atoms with Crippen molar-refractivity contribution in [2.24, 2.45) is 27.9 Å². The molecule has 0 aromatic carbocycles. The number of aliphatic carboxylic acids is 1. The molecular formula is C13H25N7O5S. The van der Waals surface area contributed by atoms with Crippen molar-refractivity contribution in [1.82, 2.24) is 10.6 Å². The van der Waals surface area contributed by atoms with E-state index >= 15 is 0 Å². The number of guanidine groups is 1. The van der Waals surface area contributed by atoms with Gasteiger partial charge in [-0.1, -0.05) is 0 Å². The molecule has 12 nitrogen and oxygen atoms in total. The van der Waals surface area contributed by atoms with Crippen LogP contribution in [-0.4, -0.2) is 65.2 Å². The molecule has 13 heteroatoms. The SMILES string of the molecule is NC(=O)CC(N)C(=O)NC(CCCN=C(N)N)C(=O)NC(CS)C(=O)O. The Kier molecular flexibility index (Phi) is 10.8. The number of nitrogens with two attached hydrogens (primary N) is 4. The van der Waals surface area contributed by atoms with E-state index in [0.717, 1.165) is 0 Å². The van der Waals surface area contributed by atoms with Crippen LogP contribution in [0.1, 0.15) is 19.3 Å². The summed E-state index contributed by atoms with van der Waals surface area (Å²) in [5.74, 6) is -3.83. The van der Waals surface area contributed by atoms with Gasteiger partial charge in [-0.05, 0) is 12.8 Å². The van der Waals surface area contributed by atoms with Crippen molar-refractivity contribution < 1.29 is 24.3 Å². The molecule has 3 amide bonds. The van der Waals surface area contributed by atoms with E-state index in [1.165, 1.54) is 0 Å². The van der Waals surface area contributed by atoms with Gasteiger partial charge in [0.05, 0.1) is 12.5 Å². The summed E-state index contributed by atoms with van der Waals surface area (Å²) in [4.78, 5) is 49.9. The van der Waals surface area contributed by atoms with E-state index in [0.29, 0.717) is 6.42 Å². The van der Waals surface area contributed by atoms with Crippen LogP contribution in [-0.2, 0) is 19.2 Å². The van der Waals surface area contributed by atoms with Crippen molar-refractivity contribution in [3.05, 3.63) is 0 Å². The number of primary amides is 1. The number of carboxylic acid groups (broad SMARTS) is 1. The molecule has 0 fully saturated rings. The molecule has 3 unspecified atom stereocenters. The monoisotopic (exact) mass is 391 g/mol. The van der Waals surface area contributed by atoms with Crippen LogP contribution in [0.4, 0.5) is 0 Å². The Hall–Kier alpha value is -2.54. The van der Waals surface area contributed by atoms with Crippen LogP contribution >= 0.6 is 12.6 Å². The topological polar surface area (TPSA) is 229 Å². The number of rotatable bonds is 12. The third-order valence-corrected chi connectivity index (χ3v) is 3.50. The van der Waals surface area contributed by atoms with Gasteiger partial charge in [0.1, 0.15) is 12.1 Å². The Morgan fingerprint density at radius 3 is 2.08 bits per heavy atom. The smallest absolute Gasteiger partial charge is 0.327 e. The molecule has 0 saturated carbocycles. The molecule has 148 valence electrons. The van der Waals surface area contributed by atoms with Gasteiger partial charge < -0.3 is 38.7 Å². The maximum absolute atomic E-state index is 12.3. The highest BCUT2D eigenvalue weighted by Crippen LogP contribution is 2.02. The number of carbonyl (C=O) groups excluding carboxylic acids is 3. The Morgan fingerprint density at radius 1 is 1.04 bits per heavy atom. The first-order valence-corrected chi connectivity index (χ1v) is 8.25. The summed E-state index contributed by atoms with van der Waals surface area (Å²) < 4.78 is 0. The molecule has 0 saturated heterocycles. The molecule has 0 radical (unpaired) electrons. The molecule has 0 bridgehead atoms. The van der Waals surface area contributed by atoms with Crippen LogP contribution in [0.25, 0.3) is 0 Å². The summed E-state index contributed by atoms with van der Waals surface area (Å²) in [5.41, 5.74) is 20.9. The number of aliphatic imine (C=N–C) groups is 1. The van der Waals surface area contributed by atoms with Crippen LogP contribution in [0.15, 0.2) is 4.99 Å². The summed E-state index contributed by atoms with van der Waals surface area (Å²) in [6, 6.07) is -3.57. The van der Waals surface area contributed by atoms with Gasteiger partial charge in [-0.15, -0.1) is 0 Å². The predicted octanol–water partition coefficient (Wildman–Crippen LogP) is -3.77. The van der Waals surface area contributed by atoms with Gasteiger partial charge in [0.15, 0.2) is 5.96 Å². The summed E-state index contributed by atoms with van der Waals surface area (Å²) in [6.45, 7) is 0.199. The number of carboxylic acids is 1. The van der Waals surface area contributed by atoms with Crippen molar-refractivity contribution >= 4 is 42.3 Å². The molecule has 26 heavy (non-hydrogen) atoms. The number of hydrogen-bond donors (Lipinski definition) is 8. The van der Waals surface area contributed by atoms with E-state index in [4.69, 9.17) is 28.0 Å². The highest BCUT2D eigenvalue weighted by Gasteiger charge is 2.27. The molecule has 0 heterocycles. The molecule has 0 spiro atoms. The number of hydrogen-bond acceptors (Lipinski definition) is 7. The van der Waals surface area contributed by atoms with E-state index in [1.54, 1.807) is 0 Å². The normalized spacial score (nSPS) is 13.8. The van der Waals surface area contributed by atoms with E-state index in [2.05, 4.69) is 28.3 Å². The average molecular weight is 391 g/mol. The number of nitrogens with one attached hydrogen (secondary N) is 2. The van der Waals surface area contributed by atoms with Gasteiger partial charge in [0, 0.05) is 12.3 Å². The molecule has 0 aliphatic rings. The minimum absolute atomic E-state index is 0.108. The van der Waals surface area contributed by atoms with Crippen molar-refractivity contribution in [2.75, 3.05) is 12.3 Å². The maximum Gasteiger partial charge on any atom is 0.327 e. The van der Waals surface area contributed by atoms with Crippen LogP contribution in [0.5, 0.6) is 0 Å². The average Bonchev–Trinajstić information content (AvgIpc) is 2.53. The van der Waals surface area contributed by atoms with E-state index in [1.807, 2.05) is 0 Å². The fraction of sp³-hybridized carbons (Fsp3) is 0.615. The fourth-order valence-electron chi connectivity index (χ4n) is 1.82. The third-order valence-electron chi connectivity index (χ3n) is 3.13. The van der Waals surface area contributed by atoms with Crippen molar-refractivity contribution in [3.63, 3.8) is 0 Å². The van der Waals surface area contributed by atoms with Crippen molar-refractivity contribution in [3.8, 4) is 0 Å². The lowest BCUT2D eigenvalue weighted by molar-refractivity contribution is -0.141. The summed E-state index contributed by atoms with van der Waals surface area (Å²) in [6.07, 6.45) is 0.0268. The first-order chi connectivity index (χ1) is 12.1. The lowest BCUT2D eigenvalue weighted by Gasteiger charge is -2.22. The van der Waals surface area contributed by atoms with Gasteiger partial charge in [-0.2, -0.15) is 12.6 Å². The summed E-state index contributed by atoms with van der Waals surface area (Å²) >= 11 is 3.85. The van der Waals surface area contributed by atoms with E-state index in [-0.39, 0.29) is 24.7 Å². The third kappa shape index (κ3) is 9.68. The standard InChI is InChI=1S/C13H25N7O5S/c14-6(4-9(15)21)10(22)19-7(2-1-3-18-13(16)17)11(23)20-8(5-26)12(24)25/h6-8,26H,1-5,14H2,(H2,15,21)(H,19,22)(H,20,23)(H,24,25)(H4,16,17,18). The molecule has 0 aliphatic carbocycles. The number of carbonyl (C=O) groups is 4. The highest BCUT2D eigenvalue weighted by molar-refractivity contribution is 7.80. The number of amides is 3. The predicted molar refractivity (Wildman–Crippen MR) is 97.0 cm³/mol. The van der Waals surface area contributed by atoms with Gasteiger partial charge in [-0.3, -0.25) is 19.4 Å². The number of thiol groups is 1. The Balaban J connectivity index is 4.99. The lowest BCUT2D eigenvalue weighted by Crippen LogP contribution is -2.55. The van der Waals surface area contributed by atoms with Gasteiger partial charge in [0.25, 0.3) is 0 Å². The minimum Gasteiger partial charge on any atom is -0.480 e. The molecular weight excluding hydrogens is 366 g/mol. The maximum atomic E-state index is 12.3. The molecule has 0 rings (SSSR count). The van der Waals surface area contributed by atoms with E-state index < -0.39 is 48.2 Å². The second-order valence-corrected chi connectivity index (χ2v) is 5.73. The van der Waals surface area contributed by atoms with Crippen LogP contribution < -0.4 is 33.6 Å². The Morgan fingerprint density at radius 2 is 1.62 bits per heavy atom. The molecule has 0 aromatic heterocycles. The van der Waals surface area contributed by atoms with Crippen molar-refractivity contribution in [2.45, 2.75) is 37.4 Å². The zero-order valence-corrected chi connectivity index (χ0v) is 14.9. The second kappa shape index (κ2) is 11.9. The first-order valence-electron chi connectivity index (χ1n) is 7.62. The van der Waals surface area contributed by atoms with Gasteiger partial charge >= 0.3 is 5.97 Å². The van der Waals surface area contributed by atoms with Crippen LogP contribution in [0, 0.1) is 0 Å². The van der Waals surface area contributed by atoms with Crippen molar-refractivity contribution in [1.29, 1.82) is 0 Å². The molecule has 3 atom stereocenters. The zero-order chi connectivity index (χ0) is 20.3. The highest BCUT2D eigenvalue weighted by atomic mass is 32.1. The lowest BCUT2D eigenvalue weighted by atomic mass is 10.1. The summed E-state index contributed by atoms with van der Waals surface area (Å²) in [5, 5.41) is 13.6. The quantitative estimate of drug-likeness (QED) is 0.0710. The van der Waals surface area contributed by atoms with Gasteiger partial charge in [0.2, 0.25) is 17.7 Å². The Bertz CT molecular complexity index is 553.